The molecule has 5 amide bonds. The number of anilines is 5. The predicted octanol–water partition coefficient (Wildman–Crippen LogP) is 5.65. The van der Waals surface area contributed by atoms with Crippen molar-refractivity contribution in [1.29, 1.82) is 0 Å². The number of piperidine rings is 1. The summed E-state index contributed by atoms with van der Waals surface area (Å²) in [5, 5.41) is 12.9. The van der Waals surface area contributed by atoms with E-state index in [1.165, 1.54) is 19.2 Å². The predicted molar refractivity (Wildman–Crippen MR) is 239 cm³/mol. The summed E-state index contributed by atoms with van der Waals surface area (Å²) in [6, 6.07) is 23.1. The Balaban J connectivity index is 0.793. The van der Waals surface area contributed by atoms with Gasteiger partial charge in [-0.1, -0.05) is 18.2 Å². The van der Waals surface area contributed by atoms with Gasteiger partial charge < -0.3 is 30.9 Å². The van der Waals surface area contributed by atoms with Crippen LogP contribution in [0.2, 0.25) is 0 Å². The Morgan fingerprint density at radius 3 is 2.27 bits per heavy atom. The summed E-state index contributed by atoms with van der Waals surface area (Å²) >= 11 is 0. The van der Waals surface area contributed by atoms with E-state index < -0.39 is 23.4 Å². The number of fused-ring (bicyclic) bond motifs is 2. The van der Waals surface area contributed by atoms with E-state index in [9.17, 15) is 19.2 Å². The molecule has 0 radical (unpaired) electrons. The Morgan fingerprint density at radius 2 is 1.53 bits per heavy atom. The molecule has 4 aromatic carbocycles. The quantitative estimate of drug-likeness (QED) is 0.130. The van der Waals surface area contributed by atoms with Gasteiger partial charge in [-0.25, -0.2) is 18.3 Å². The number of nitrogens with zero attached hydrogens (tertiary/aromatic N) is 6. The lowest BCUT2D eigenvalue weighted by atomic mass is 9.95. The summed E-state index contributed by atoms with van der Waals surface area (Å²) in [5.74, 6) is -2.68. The van der Waals surface area contributed by atoms with Crippen LogP contribution in [0.25, 0.3) is 11.3 Å². The second-order valence-corrected chi connectivity index (χ2v) is 16.6. The number of piperazine rings is 1. The number of hydrogen-bond acceptors (Lipinski definition) is 10. The van der Waals surface area contributed by atoms with Gasteiger partial charge in [0.05, 0.1) is 12.7 Å². The number of imide groups is 1. The number of methoxy groups -OCH3 is 1. The van der Waals surface area contributed by atoms with Gasteiger partial charge >= 0.3 is 6.03 Å². The van der Waals surface area contributed by atoms with Crippen LogP contribution in [-0.2, 0) is 24.3 Å². The zero-order valence-electron chi connectivity index (χ0n) is 35.5. The molecule has 3 saturated heterocycles. The SMILES string of the molecule is COc1ccccc1C(=O)NCc1ccc(-c2nn3c(c2C(N)=O)Nc2ccc(N4CCN(CC5CCN(c6ccc(N7CCC(=O)NC7=O)cc6)CC5)CC4)cc2CC3)c(F)c1F. The van der Waals surface area contributed by atoms with Gasteiger partial charge in [0.1, 0.15) is 22.8 Å². The number of benzene rings is 4. The minimum absolute atomic E-state index is 0.0479. The molecule has 0 unspecified atom stereocenters. The largest absolute Gasteiger partial charge is 0.496 e. The summed E-state index contributed by atoms with van der Waals surface area (Å²) < 4.78 is 38.1. The Hall–Kier alpha value is -7.01. The van der Waals surface area contributed by atoms with E-state index in [1.54, 1.807) is 33.8 Å². The third-order valence-electron chi connectivity index (χ3n) is 12.8. The molecule has 17 heteroatoms. The molecular formula is C47H50F2N10O5. The topological polar surface area (TPSA) is 170 Å². The monoisotopic (exact) mass is 872 g/mol. The van der Waals surface area contributed by atoms with E-state index in [0.717, 1.165) is 87.0 Å². The van der Waals surface area contributed by atoms with Gasteiger partial charge in [0.2, 0.25) is 5.91 Å². The summed E-state index contributed by atoms with van der Waals surface area (Å²) in [5.41, 5.74) is 10.6. The maximum atomic E-state index is 15.8. The molecule has 5 aromatic rings. The van der Waals surface area contributed by atoms with Crippen molar-refractivity contribution < 1.29 is 32.7 Å². The molecule has 332 valence electrons. The van der Waals surface area contributed by atoms with E-state index in [4.69, 9.17) is 10.5 Å². The number of hydrogen-bond donors (Lipinski definition) is 4. The standard InChI is InChI=1S/C47H50F2N10O5/c1-64-38-5-3-2-4-35(38)46(62)51-27-31-6-12-36(42(49)41(31)48)43-40(44(50)61)45-52-37-13-11-34(26-30(37)16-21-59(45)54-43)57-24-22-55(23-25-57)28-29-14-18-56(19-15-29)32-7-9-33(10-8-32)58-20-17-39(60)53-47(58)63/h2-13,26,29,52H,14-25,27-28H2,1H3,(H2,50,61)(H,51,62)(H,53,60,63). The molecule has 4 aliphatic heterocycles. The highest BCUT2D eigenvalue weighted by molar-refractivity contribution is 6.06. The number of carbonyl (C=O) groups is 4. The number of nitrogens with one attached hydrogen (secondary N) is 3. The Labute approximate surface area is 369 Å². The molecular weight excluding hydrogens is 823 g/mol. The van der Waals surface area contributed by atoms with Crippen LogP contribution in [-0.4, -0.2) is 97.9 Å². The van der Waals surface area contributed by atoms with Crippen LogP contribution >= 0.6 is 0 Å². The molecule has 0 spiro atoms. The second-order valence-electron chi connectivity index (χ2n) is 16.6. The molecule has 0 aliphatic carbocycles. The molecule has 15 nitrogen and oxygen atoms in total. The summed E-state index contributed by atoms with van der Waals surface area (Å²) in [6.45, 7) is 7.20. The maximum absolute atomic E-state index is 15.8. The average molecular weight is 873 g/mol. The number of rotatable bonds is 11. The summed E-state index contributed by atoms with van der Waals surface area (Å²) in [6.07, 6.45) is 3.09. The van der Waals surface area contributed by atoms with Crippen LogP contribution in [0.15, 0.2) is 78.9 Å². The molecule has 5 heterocycles. The highest BCUT2D eigenvalue weighted by Crippen LogP contribution is 2.38. The summed E-state index contributed by atoms with van der Waals surface area (Å²) in [4.78, 5) is 58.5. The van der Waals surface area contributed by atoms with Crippen molar-refractivity contribution >= 4 is 52.3 Å². The van der Waals surface area contributed by atoms with Gasteiger partial charge in [-0.05, 0) is 91.4 Å². The van der Waals surface area contributed by atoms with Crippen LogP contribution in [0.1, 0.15) is 51.1 Å². The number of halogens is 2. The third-order valence-corrected chi connectivity index (χ3v) is 12.8. The van der Waals surface area contributed by atoms with Crippen molar-refractivity contribution in [1.82, 2.24) is 25.3 Å². The summed E-state index contributed by atoms with van der Waals surface area (Å²) in [7, 11) is 1.44. The molecule has 5 N–H and O–H groups in total. The Morgan fingerprint density at radius 1 is 0.812 bits per heavy atom. The number of nitrogens with two attached hydrogens (primary N) is 1. The van der Waals surface area contributed by atoms with Crippen molar-refractivity contribution in [3.63, 3.8) is 0 Å². The van der Waals surface area contributed by atoms with Crippen molar-refractivity contribution in [2.75, 3.05) is 79.5 Å². The number of ether oxygens (including phenoxy) is 1. The minimum Gasteiger partial charge on any atom is -0.496 e. The lowest BCUT2D eigenvalue weighted by Gasteiger charge is -2.40. The number of urea groups is 1. The van der Waals surface area contributed by atoms with Crippen LogP contribution in [0.5, 0.6) is 5.75 Å². The molecule has 4 aliphatic rings. The number of aryl methyl sites for hydroxylation is 2. The molecule has 3 fully saturated rings. The number of para-hydroxylation sites is 1. The smallest absolute Gasteiger partial charge is 0.328 e. The van der Waals surface area contributed by atoms with Gasteiger partial charge in [0, 0.05) is 106 Å². The Bertz CT molecular complexity index is 2600. The van der Waals surface area contributed by atoms with E-state index in [1.807, 2.05) is 18.2 Å². The highest BCUT2D eigenvalue weighted by atomic mass is 19.2. The Kier molecular flexibility index (Phi) is 11.9. The van der Waals surface area contributed by atoms with Crippen LogP contribution < -0.4 is 41.1 Å². The van der Waals surface area contributed by atoms with E-state index >= 15 is 8.78 Å². The van der Waals surface area contributed by atoms with Crippen molar-refractivity contribution in [2.24, 2.45) is 11.7 Å². The third kappa shape index (κ3) is 8.54. The first-order valence-corrected chi connectivity index (χ1v) is 21.7. The van der Waals surface area contributed by atoms with E-state index in [0.29, 0.717) is 43.4 Å². The molecule has 64 heavy (non-hydrogen) atoms. The highest BCUT2D eigenvalue weighted by Gasteiger charge is 2.31. The maximum Gasteiger partial charge on any atom is 0.328 e. The normalized spacial score (nSPS) is 17.0. The number of aromatic nitrogens is 2. The van der Waals surface area contributed by atoms with Crippen LogP contribution in [0.4, 0.5) is 42.1 Å². The molecule has 9 rings (SSSR count). The van der Waals surface area contributed by atoms with E-state index in [2.05, 4.69) is 60.0 Å². The van der Waals surface area contributed by atoms with Crippen LogP contribution in [0.3, 0.4) is 0 Å². The first kappa shape index (κ1) is 42.3. The molecule has 0 atom stereocenters. The fourth-order valence-electron chi connectivity index (χ4n) is 9.23. The van der Waals surface area contributed by atoms with Gasteiger partial charge in [0.25, 0.3) is 11.8 Å². The van der Waals surface area contributed by atoms with Gasteiger partial charge in [-0.3, -0.25) is 29.5 Å². The fraction of sp³-hybridized carbons (Fsp3) is 0.340. The number of primary amides is 1. The van der Waals surface area contributed by atoms with E-state index in [-0.39, 0.29) is 46.4 Å². The van der Waals surface area contributed by atoms with Crippen LogP contribution in [0, 0.1) is 17.6 Å². The van der Waals surface area contributed by atoms with Crippen molar-refractivity contribution in [2.45, 2.75) is 38.8 Å². The first-order valence-electron chi connectivity index (χ1n) is 21.7. The van der Waals surface area contributed by atoms with Gasteiger partial charge in [-0.2, -0.15) is 5.10 Å². The minimum atomic E-state index is -1.21. The lowest BCUT2D eigenvalue weighted by Crippen LogP contribution is -2.49. The molecule has 0 saturated carbocycles. The average Bonchev–Trinajstić information content (AvgIpc) is 3.57. The zero-order valence-corrected chi connectivity index (χ0v) is 35.5. The fourth-order valence-corrected chi connectivity index (χ4v) is 9.23. The zero-order chi connectivity index (χ0) is 44.5. The number of carbonyl (C=O) groups excluding carboxylic acids is 4. The number of amides is 5. The van der Waals surface area contributed by atoms with Crippen molar-refractivity contribution in [3.05, 3.63) is 113 Å². The van der Waals surface area contributed by atoms with Crippen molar-refractivity contribution in [3.8, 4) is 17.0 Å². The van der Waals surface area contributed by atoms with Gasteiger partial charge in [0.15, 0.2) is 11.6 Å². The first-order chi connectivity index (χ1) is 31.0. The lowest BCUT2D eigenvalue weighted by molar-refractivity contribution is -0.120. The molecule has 0 bridgehead atoms. The molecule has 1 aromatic heterocycles. The second kappa shape index (κ2) is 18.0. The van der Waals surface area contributed by atoms with Gasteiger partial charge in [-0.15, -0.1) is 0 Å².